The molecule has 2 aromatic rings. The van der Waals surface area contributed by atoms with Crippen LogP contribution in [0, 0.1) is 13.8 Å². The van der Waals surface area contributed by atoms with E-state index >= 15 is 0 Å². The second-order valence-corrected chi connectivity index (χ2v) is 4.43. The maximum Gasteiger partial charge on any atom is 0.223 e. The largest absolute Gasteiger partial charge is 0.497 e. The van der Waals surface area contributed by atoms with Gasteiger partial charge in [0.1, 0.15) is 18.1 Å². The van der Waals surface area contributed by atoms with E-state index in [1.807, 2.05) is 44.2 Å². The summed E-state index contributed by atoms with van der Waals surface area (Å²) in [4.78, 5) is 8.61. The van der Waals surface area contributed by atoms with E-state index in [9.17, 15) is 0 Å². The van der Waals surface area contributed by atoms with Gasteiger partial charge in [0.25, 0.3) is 0 Å². The van der Waals surface area contributed by atoms with Gasteiger partial charge in [-0.1, -0.05) is 0 Å². The van der Waals surface area contributed by atoms with E-state index in [-0.39, 0.29) is 12.4 Å². The third-order valence-electron chi connectivity index (χ3n) is 2.70. The molecule has 2 rings (SSSR count). The molecule has 1 heterocycles. The summed E-state index contributed by atoms with van der Waals surface area (Å²) in [6, 6.07) is 9.45. The van der Waals surface area contributed by atoms with Crippen LogP contribution >= 0.6 is 12.4 Å². The van der Waals surface area contributed by atoms with Gasteiger partial charge in [-0.25, -0.2) is 9.97 Å². The molecule has 0 aliphatic heterocycles. The molecule has 1 aromatic heterocycles. The highest BCUT2D eigenvalue weighted by atomic mass is 35.5. The molecule has 21 heavy (non-hydrogen) atoms. The first kappa shape index (κ1) is 17.0. The molecule has 0 fully saturated rings. The number of anilines is 1. The zero-order valence-electron chi connectivity index (χ0n) is 12.4. The Hall–Kier alpha value is -2.01. The van der Waals surface area contributed by atoms with Gasteiger partial charge in [-0.05, 0) is 44.2 Å². The molecule has 1 N–H and O–H groups in total. The van der Waals surface area contributed by atoms with Gasteiger partial charge >= 0.3 is 0 Å². The van der Waals surface area contributed by atoms with E-state index in [0.29, 0.717) is 19.1 Å². The van der Waals surface area contributed by atoms with Crippen LogP contribution in [-0.2, 0) is 0 Å². The summed E-state index contributed by atoms with van der Waals surface area (Å²) in [5, 5.41) is 3.15. The van der Waals surface area contributed by atoms with E-state index in [4.69, 9.17) is 9.47 Å². The van der Waals surface area contributed by atoms with Crippen molar-refractivity contribution in [2.24, 2.45) is 0 Å². The highest BCUT2D eigenvalue weighted by Crippen LogP contribution is 2.16. The van der Waals surface area contributed by atoms with Crippen LogP contribution in [-0.4, -0.2) is 30.2 Å². The summed E-state index contributed by atoms with van der Waals surface area (Å²) < 4.78 is 10.7. The highest BCUT2D eigenvalue weighted by Gasteiger charge is 1.99. The monoisotopic (exact) mass is 309 g/mol. The third kappa shape index (κ3) is 5.47. The van der Waals surface area contributed by atoms with E-state index in [1.165, 1.54) is 0 Å². The van der Waals surface area contributed by atoms with Crippen LogP contribution in [0.2, 0.25) is 0 Å². The molecule has 0 aliphatic rings. The fraction of sp³-hybridized carbons (Fsp3) is 0.333. The fourth-order valence-electron chi connectivity index (χ4n) is 1.81. The minimum Gasteiger partial charge on any atom is -0.497 e. The first-order valence-electron chi connectivity index (χ1n) is 6.50. The number of nitrogens with zero attached hydrogens (tertiary/aromatic N) is 2. The number of benzene rings is 1. The van der Waals surface area contributed by atoms with Crippen LogP contribution in [0.4, 0.5) is 5.95 Å². The number of aryl methyl sites for hydroxylation is 2. The quantitative estimate of drug-likeness (QED) is 0.831. The lowest BCUT2D eigenvalue weighted by Gasteiger charge is -2.09. The second-order valence-electron chi connectivity index (χ2n) is 4.43. The van der Waals surface area contributed by atoms with Crippen molar-refractivity contribution in [3.05, 3.63) is 41.7 Å². The standard InChI is InChI=1S/C15H19N3O2.ClH/c1-11-10-12(2)18-15(17-11)16-8-9-20-14-6-4-13(19-3)5-7-14;/h4-7,10H,8-9H2,1-3H3,(H,16,17,18);1H. The summed E-state index contributed by atoms with van der Waals surface area (Å²) in [5.74, 6) is 2.27. The van der Waals surface area contributed by atoms with E-state index in [2.05, 4.69) is 15.3 Å². The molecule has 1 aromatic carbocycles. The zero-order valence-corrected chi connectivity index (χ0v) is 13.2. The Labute approximate surface area is 131 Å². The summed E-state index contributed by atoms with van der Waals surface area (Å²) in [5.41, 5.74) is 1.91. The first-order chi connectivity index (χ1) is 9.67. The summed E-state index contributed by atoms with van der Waals surface area (Å²) in [7, 11) is 1.64. The maximum absolute atomic E-state index is 5.61. The van der Waals surface area contributed by atoms with Crippen LogP contribution in [0.15, 0.2) is 30.3 Å². The number of methoxy groups -OCH3 is 1. The van der Waals surface area contributed by atoms with Crippen LogP contribution in [0.25, 0.3) is 0 Å². The number of hydrogen-bond donors (Lipinski definition) is 1. The molecule has 6 heteroatoms. The average Bonchev–Trinajstić information content (AvgIpc) is 2.43. The van der Waals surface area contributed by atoms with Gasteiger partial charge in [0.2, 0.25) is 5.95 Å². The topological polar surface area (TPSA) is 56.3 Å². The van der Waals surface area contributed by atoms with Gasteiger partial charge in [-0.2, -0.15) is 0 Å². The maximum atomic E-state index is 5.61. The Balaban J connectivity index is 0.00000220. The molecule has 114 valence electrons. The molecular formula is C15H20ClN3O2. The van der Waals surface area contributed by atoms with Crippen LogP contribution in [0.5, 0.6) is 11.5 Å². The number of ether oxygens (including phenoxy) is 2. The summed E-state index contributed by atoms with van der Waals surface area (Å²) >= 11 is 0. The normalized spacial score (nSPS) is 9.67. The molecule has 5 nitrogen and oxygen atoms in total. The van der Waals surface area contributed by atoms with E-state index < -0.39 is 0 Å². The van der Waals surface area contributed by atoms with Crippen molar-refractivity contribution in [2.75, 3.05) is 25.6 Å². The number of rotatable bonds is 6. The molecule has 0 spiro atoms. The minimum absolute atomic E-state index is 0. The Morgan fingerprint density at radius 3 is 2.14 bits per heavy atom. The molecular weight excluding hydrogens is 290 g/mol. The van der Waals surface area contributed by atoms with Crippen molar-refractivity contribution in [3.8, 4) is 11.5 Å². The molecule has 0 aliphatic carbocycles. The van der Waals surface area contributed by atoms with Gasteiger partial charge < -0.3 is 14.8 Å². The number of nitrogens with one attached hydrogen (secondary N) is 1. The lowest BCUT2D eigenvalue weighted by molar-refractivity contribution is 0.331. The van der Waals surface area contributed by atoms with E-state index in [1.54, 1.807) is 7.11 Å². The molecule has 0 saturated heterocycles. The summed E-state index contributed by atoms with van der Waals surface area (Å²) in [6.45, 7) is 5.10. The number of aromatic nitrogens is 2. The Kier molecular flexibility index (Phi) is 6.75. The second kappa shape index (κ2) is 8.32. The van der Waals surface area contributed by atoms with Crippen molar-refractivity contribution in [1.29, 1.82) is 0 Å². The molecule has 0 amide bonds. The number of hydrogen-bond acceptors (Lipinski definition) is 5. The third-order valence-corrected chi connectivity index (χ3v) is 2.70. The Bertz CT molecular complexity index is 541. The van der Waals surface area contributed by atoms with Crippen molar-refractivity contribution in [2.45, 2.75) is 13.8 Å². The van der Waals surface area contributed by atoms with Crippen molar-refractivity contribution < 1.29 is 9.47 Å². The summed E-state index contributed by atoms with van der Waals surface area (Å²) in [6.07, 6.45) is 0. The van der Waals surface area contributed by atoms with Crippen LogP contribution in [0.1, 0.15) is 11.4 Å². The fourth-order valence-corrected chi connectivity index (χ4v) is 1.81. The molecule has 0 saturated carbocycles. The Morgan fingerprint density at radius 2 is 1.57 bits per heavy atom. The van der Waals surface area contributed by atoms with Gasteiger partial charge in [0, 0.05) is 11.4 Å². The first-order valence-corrected chi connectivity index (χ1v) is 6.50. The molecule has 0 bridgehead atoms. The lowest BCUT2D eigenvalue weighted by Crippen LogP contribution is -2.14. The highest BCUT2D eigenvalue weighted by molar-refractivity contribution is 5.85. The molecule has 0 unspecified atom stereocenters. The Morgan fingerprint density at radius 1 is 1.00 bits per heavy atom. The number of halogens is 1. The zero-order chi connectivity index (χ0) is 14.4. The SMILES string of the molecule is COc1ccc(OCCNc2nc(C)cc(C)n2)cc1.Cl. The lowest BCUT2D eigenvalue weighted by atomic mass is 10.3. The van der Waals surface area contributed by atoms with E-state index in [0.717, 1.165) is 22.9 Å². The minimum atomic E-state index is 0. The van der Waals surface area contributed by atoms with Crippen LogP contribution in [0.3, 0.4) is 0 Å². The van der Waals surface area contributed by atoms with Crippen molar-refractivity contribution in [1.82, 2.24) is 9.97 Å². The van der Waals surface area contributed by atoms with Gasteiger partial charge in [-0.3, -0.25) is 0 Å². The molecule has 0 radical (unpaired) electrons. The van der Waals surface area contributed by atoms with Gasteiger partial charge in [-0.15, -0.1) is 12.4 Å². The van der Waals surface area contributed by atoms with Crippen molar-refractivity contribution >= 4 is 18.4 Å². The smallest absolute Gasteiger partial charge is 0.223 e. The van der Waals surface area contributed by atoms with Crippen molar-refractivity contribution in [3.63, 3.8) is 0 Å². The predicted octanol–water partition coefficient (Wildman–Crippen LogP) is 3.01. The predicted molar refractivity (Wildman–Crippen MR) is 85.7 cm³/mol. The van der Waals surface area contributed by atoms with Crippen LogP contribution < -0.4 is 14.8 Å². The molecule has 0 atom stereocenters. The van der Waals surface area contributed by atoms with Gasteiger partial charge in [0.15, 0.2) is 0 Å². The average molecular weight is 310 g/mol. The van der Waals surface area contributed by atoms with Gasteiger partial charge in [0.05, 0.1) is 13.7 Å².